The monoisotopic (exact) mass is 693 g/mol. The second-order valence-electron chi connectivity index (χ2n) is 12.6. The van der Waals surface area contributed by atoms with Gasteiger partial charge in [0.2, 0.25) is 0 Å². The van der Waals surface area contributed by atoms with Gasteiger partial charge in [-0.2, -0.15) is 13.2 Å². The van der Waals surface area contributed by atoms with Crippen molar-refractivity contribution < 1.29 is 57.2 Å². The third-order valence-corrected chi connectivity index (χ3v) is 8.60. The largest absolute Gasteiger partial charge is 1.00 e. The van der Waals surface area contributed by atoms with Gasteiger partial charge in [0.1, 0.15) is 6.54 Å². The van der Waals surface area contributed by atoms with Gasteiger partial charge in [0.15, 0.2) is 47.0 Å². The Morgan fingerprint density at radius 3 is 1.85 bits per heavy atom. The zero-order valence-corrected chi connectivity index (χ0v) is 27.9. The summed E-state index contributed by atoms with van der Waals surface area (Å²) in [5, 5.41) is 0. The summed E-state index contributed by atoms with van der Waals surface area (Å²) < 4.78 is 113. The molecule has 1 aliphatic rings. The lowest BCUT2D eigenvalue weighted by atomic mass is 9.86. The quantitative estimate of drug-likeness (QED) is 0.121. The number of nitrogens with zero attached hydrogens (tertiary/aromatic N) is 1. The highest BCUT2D eigenvalue weighted by Crippen LogP contribution is 2.39. The molecule has 256 valence electrons. The number of rotatable bonds is 8. The molecule has 0 spiro atoms. The highest BCUT2D eigenvalue weighted by Gasteiger charge is 2.34. The smallest absolute Gasteiger partial charge is 0.416 e. The fraction of sp³-hybridized carbons (Fsp3) is 0.324. The van der Waals surface area contributed by atoms with Gasteiger partial charge in [-0.25, -0.2) is 22.1 Å². The lowest BCUT2D eigenvalue weighted by Gasteiger charge is -2.22. The summed E-state index contributed by atoms with van der Waals surface area (Å²) in [5.74, 6) is -5.93. The van der Waals surface area contributed by atoms with E-state index in [2.05, 4.69) is 45.0 Å². The summed E-state index contributed by atoms with van der Waals surface area (Å²) >= 11 is 0. The van der Waals surface area contributed by atoms with E-state index in [-0.39, 0.29) is 36.0 Å². The van der Waals surface area contributed by atoms with Crippen LogP contribution in [0.2, 0.25) is 0 Å². The van der Waals surface area contributed by atoms with Crippen molar-refractivity contribution in [1.29, 1.82) is 0 Å². The number of benzene rings is 4. The van der Waals surface area contributed by atoms with Gasteiger partial charge in [-0.3, -0.25) is 0 Å². The Morgan fingerprint density at radius 2 is 1.29 bits per heavy atom. The molecule has 5 rings (SSSR count). The van der Waals surface area contributed by atoms with E-state index in [1.165, 1.54) is 19.8 Å². The lowest BCUT2D eigenvalue weighted by molar-refractivity contribution is -0.545. The lowest BCUT2D eigenvalue weighted by Crippen LogP contribution is -3.00. The first-order chi connectivity index (χ1) is 22.1. The molecule has 3 nitrogen and oxygen atoms in total. The van der Waals surface area contributed by atoms with Crippen LogP contribution in [0.3, 0.4) is 0 Å². The average Bonchev–Trinajstić information content (AvgIpc) is 3.02. The molecular weight excluding hydrogens is 659 g/mol. The highest BCUT2D eigenvalue weighted by molar-refractivity contribution is 5.99. The fourth-order valence-corrected chi connectivity index (χ4v) is 6.00. The molecule has 0 saturated carbocycles. The predicted octanol–water partition coefficient (Wildman–Crippen LogP) is 6.44. The summed E-state index contributed by atoms with van der Waals surface area (Å²) in [7, 11) is 3.04. The van der Waals surface area contributed by atoms with Crippen molar-refractivity contribution >= 4 is 5.71 Å². The van der Waals surface area contributed by atoms with Crippen LogP contribution in [-0.2, 0) is 31.0 Å². The fourth-order valence-electron chi connectivity index (χ4n) is 6.00. The van der Waals surface area contributed by atoms with Crippen LogP contribution in [0.4, 0.5) is 30.7 Å². The first-order valence-corrected chi connectivity index (χ1v) is 15.1. The van der Waals surface area contributed by atoms with Gasteiger partial charge in [0, 0.05) is 30.0 Å². The topological polar surface area (TPSA) is 21.5 Å². The number of halogens is 8. The van der Waals surface area contributed by atoms with Gasteiger partial charge in [-0.15, -0.1) is 0 Å². The van der Waals surface area contributed by atoms with Crippen molar-refractivity contribution in [1.82, 2.24) is 0 Å². The first kappa shape index (κ1) is 36.8. The maximum absolute atomic E-state index is 15.0. The van der Waals surface area contributed by atoms with E-state index in [0.717, 1.165) is 34.5 Å². The zero-order valence-electron chi connectivity index (χ0n) is 27.1. The zero-order chi connectivity index (χ0) is 34.3. The molecular formula is C37H35ClF7NO2. The molecule has 0 radical (unpaired) electrons. The number of ether oxygens (including phenoxy) is 2. The Bertz CT molecular complexity index is 1820. The minimum atomic E-state index is -4.87. The molecule has 1 aliphatic heterocycles. The molecule has 0 aliphatic carbocycles. The van der Waals surface area contributed by atoms with Crippen molar-refractivity contribution in [2.75, 3.05) is 20.8 Å². The third-order valence-electron chi connectivity index (χ3n) is 8.60. The van der Waals surface area contributed by atoms with Gasteiger partial charge in [0.25, 0.3) is 0 Å². The molecule has 11 heteroatoms. The SMILES string of the molecule is COc1cc2c(cc1OC)C(CCc1ccc(C(C)(C)C)cc1)=[N+](Cc1ccc(C(F)(F)F)cc1-c1c(F)c(F)cc(F)c1F)CC2.[Cl-]. The average molecular weight is 694 g/mol. The van der Waals surface area contributed by atoms with E-state index in [1.807, 2.05) is 16.7 Å². The summed E-state index contributed by atoms with van der Waals surface area (Å²) in [4.78, 5) is 0. The van der Waals surface area contributed by atoms with Gasteiger partial charge in [0.05, 0.1) is 25.3 Å². The van der Waals surface area contributed by atoms with Crippen molar-refractivity contribution in [2.45, 2.75) is 58.2 Å². The van der Waals surface area contributed by atoms with Gasteiger partial charge < -0.3 is 21.9 Å². The van der Waals surface area contributed by atoms with E-state index in [9.17, 15) is 22.0 Å². The van der Waals surface area contributed by atoms with Crippen LogP contribution in [0, 0.1) is 23.3 Å². The minimum absolute atomic E-state index is 0. The standard InChI is InChI=1S/C37H35F7NO2.ClH/c1-36(2,3)24-10-6-21(7-11-24)8-13-30-26-18-32(47-5)31(46-4)16-22(26)14-15-45(30)20-23-9-12-25(37(42,43)44)17-27(23)33-34(40)28(38)19-29(39)35(33)41;/h6-7,9-12,16-19H,8,13-15,20H2,1-5H3;1H/q+1;/p-1. The van der Waals surface area contributed by atoms with Gasteiger partial charge >= 0.3 is 6.18 Å². The Balaban J connectivity index is 0.00000520. The van der Waals surface area contributed by atoms with Crippen LogP contribution in [-0.4, -0.2) is 31.1 Å². The molecule has 0 atom stereocenters. The van der Waals surface area contributed by atoms with Crippen LogP contribution in [0.5, 0.6) is 11.5 Å². The predicted molar refractivity (Wildman–Crippen MR) is 166 cm³/mol. The molecule has 48 heavy (non-hydrogen) atoms. The molecule has 0 unspecified atom stereocenters. The highest BCUT2D eigenvalue weighted by atomic mass is 35.5. The molecule has 0 aromatic heterocycles. The summed E-state index contributed by atoms with van der Waals surface area (Å²) in [5.41, 5.74) is 1.94. The molecule has 0 saturated heterocycles. The Hall–Kier alpha value is -4.05. The van der Waals surface area contributed by atoms with E-state index in [0.29, 0.717) is 43.4 Å². The molecule has 0 fully saturated rings. The second-order valence-corrected chi connectivity index (χ2v) is 12.6. The normalized spacial score (nSPS) is 13.2. The van der Waals surface area contributed by atoms with Crippen molar-refractivity contribution in [3.8, 4) is 22.6 Å². The van der Waals surface area contributed by atoms with E-state index in [1.54, 1.807) is 0 Å². The summed E-state index contributed by atoms with van der Waals surface area (Å²) in [6.45, 7) is 6.70. The number of hydrogen-bond acceptors (Lipinski definition) is 2. The number of fused-ring (bicyclic) bond motifs is 1. The van der Waals surface area contributed by atoms with E-state index in [4.69, 9.17) is 9.47 Å². The van der Waals surface area contributed by atoms with Gasteiger partial charge in [-0.05, 0) is 58.4 Å². The van der Waals surface area contributed by atoms with Crippen molar-refractivity contribution in [3.63, 3.8) is 0 Å². The van der Waals surface area contributed by atoms with Crippen LogP contribution in [0.15, 0.2) is 60.7 Å². The number of hydrogen-bond donors (Lipinski definition) is 0. The molecule has 0 N–H and O–H groups in total. The van der Waals surface area contributed by atoms with Crippen LogP contribution < -0.4 is 21.9 Å². The van der Waals surface area contributed by atoms with Crippen LogP contribution in [0.25, 0.3) is 11.1 Å². The third kappa shape index (κ3) is 7.48. The Labute approximate surface area is 281 Å². The number of aryl methyl sites for hydroxylation is 1. The maximum atomic E-state index is 15.0. The minimum Gasteiger partial charge on any atom is -1.00 e. The molecule has 0 bridgehead atoms. The number of methoxy groups -OCH3 is 2. The maximum Gasteiger partial charge on any atom is 0.416 e. The van der Waals surface area contributed by atoms with E-state index >= 15 is 8.78 Å². The van der Waals surface area contributed by atoms with Gasteiger partial charge in [-0.1, -0.05) is 51.1 Å². The first-order valence-electron chi connectivity index (χ1n) is 15.1. The molecule has 4 aromatic rings. The summed E-state index contributed by atoms with van der Waals surface area (Å²) in [6, 6.07) is 14.5. The summed E-state index contributed by atoms with van der Waals surface area (Å²) in [6.07, 6.45) is -3.23. The Morgan fingerprint density at radius 1 is 0.708 bits per heavy atom. The van der Waals surface area contributed by atoms with Crippen LogP contribution >= 0.6 is 0 Å². The second kappa shape index (κ2) is 14.2. The van der Waals surface area contributed by atoms with E-state index < -0.39 is 46.1 Å². The molecule has 4 aromatic carbocycles. The van der Waals surface area contributed by atoms with Crippen molar-refractivity contribution in [2.24, 2.45) is 0 Å². The Kier molecular flexibility index (Phi) is 10.9. The van der Waals surface area contributed by atoms with Crippen LogP contribution in [0.1, 0.15) is 60.6 Å². The van der Waals surface area contributed by atoms with Crippen molar-refractivity contribution in [3.05, 3.63) is 117 Å². The number of alkyl halides is 3. The molecule has 1 heterocycles. The molecule has 0 amide bonds.